The Morgan fingerprint density at radius 1 is 1.70 bits per heavy atom. The first-order valence-electron chi connectivity index (χ1n) is 3.45. The SMILES string of the molecule is CCC[C@H](CBr)CC(=O)Cl. The molecule has 0 saturated heterocycles. The number of alkyl halides is 1. The highest BCUT2D eigenvalue weighted by atomic mass is 79.9. The highest BCUT2D eigenvalue weighted by Crippen LogP contribution is 2.15. The van der Waals surface area contributed by atoms with Crippen molar-refractivity contribution in [1.82, 2.24) is 0 Å². The lowest BCUT2D eigenvalue weighted by Gasteiger charge is -2.08. The summed E-state index contributed by atoms with van der Waals surface area (Å²) in [4.78, 5) is 10.4. The zero-order valence-corrected chi connectivity index (χ0v) is 8.41. The van der Waals surface area contributed by atoms with E-state index in [-0.39, 0.29) is 5.24 Å². The molecule has 0 unspecified atom stereocenters. The molecule has 0 aromatic carbocycles. The molecule has 3 heteroatoms. The monoisotopic (exact) mass is 226 g/mol. The third kappa shape index (κ3) is 5.24. The van der Waals surface area contributed by atoms with Gasteiger partial charge in [0.2, 0.25) is 5.24 Å². The van der Waals surface area contributed by atoms with Crippen LogP contribution in [-0.4, -0.2) is 10.6 Å². The molecule has 0 aliphatic heterocycles. The van der Waals surface area contributed by atoms with E-state index in [4.69, 9.17) is 11.6 Å². The van der Waals surface area contributed by atoms with Crippen molar-refractivity contribution in [3.63, 3.8) is 0 Å². The average Bonchev–Trinajstić information content (AvgIpc) is 1.86. The lowest BCUT2D eigenvalue weighted by Crippen LogP contribution is -2.05. The molecule has 0 aromatic rings. The molecule has 0 spiro atoms. The first-order chi connectivity index (χ1) is 4.70. The summed E-state index contributed by atoms with van der Waals surface area (Å²) >= 11 is 8.56. The zero-order chi connectivity index (χ0) is 7.98. The number of carbonyl (C=O) groups excluding carboxylic acids is 1. The van der Waals surface area contributed by atoms with Gasteiger partial charge in [0.05, 0.1) is 0 Å². The van der Waals surface area contributed by atoms with E-state index in [9.17, 15) is 4.79 Å². The van der Waals surface area contributed by atoms with Gasteiger partial charge in [-0.1, -0.05) is 29.3 Å². The van der Waals surface area contributed by atoms with Crippen LogP contribution < -0.4 is 0 Å². The number of hydrogen-bond donors (Lipinski definition) is 0. The minimum Gasteiger partial charge on any atom is -0.281 e. The zero-order valence-electron chi connectivity index (χ0n) is 6.07. The van der Waals surface area contributed by atoms with E-state index in [0.29, 0.717) is 12.3 Å². The fraction of sp³-hybridized carbons (Fsp3) is 0.857. The first kappa shape index (κ1) is 10.4. The summed E-state index contributed by atoms with van der Waals surface area (Å²) in [6, 6.07) is 0. The second kappa shape index (κ2) is 6.17. The predicted octanol–water partition coefficient (Wildman–Crippen LogP) is 2.95. The lowest BCUT2D eigenvalue weighted by molar-refractivity contribution is -0.112. The van der Waals surface area contributed by atoms with Gasteiger partial charge in [0.1, 0.15) is 0 Å². The Morgan fingerprint density at radius 3 is 2.60 bits per heavy atom. The highest BCUT2D eigenvalue weighted by Gasteiger charge is 2.08. The van der Waals surface area contributed by atoms with Crippen LogP contribution in [0.4, 0.5) is 0 Å². The second-order valence-corrected chi connectivity index (χ2v) is 3.44. The Balaban J connectivity index is 3.49. The van der Waals surface area contributed by atoms with E-state index in [1.54, 1.807) is 0 Å². The summed E-state index contributed by atoms with van der Waals surface area (Å²) in [7, 11) is 0. The smallest absolute Gasteiger partial charge is 0.221 e. The second-order valence-electron chi connectivity index (χ2n) is 2.37. The minimum atomic E-state index is -0.224. The molecule has 0 aromatic heterocycles. The van der Waals surface area contributed by atoms with Crippen LogP contribution in [0.1, 0.15) is 26.2 Å². The maximum absolute atomic E-state index is 10.4. The van der Waals surface area contributed by atoms with Crippen LogP contribution in [0.5, 0.6) is 0 Å². The molecule has 1 nitrogen and oxygen atoms in total. The Hall–Kier alpha value is 0.440. The van der Waals surface area contributed by atoms with Crippen molar-refractivity contribution in [2.75, 3.05) is 5.33 Å². The third-order valence-corrected chi connectivity index (χ3v) is 2.43. The van der Waals surface area contributed by atoms with Crippen LogP contribution in [0.2, 0.25) is 0 Å². The van der Waals surface area contributed by atoms with Crippen molar-refractivity contribution in [1.29, 1.82) is 0 Å². The topological polar surface area (TPSA) is 17.1 Å². The van der Waals surface area contributed by atoms with Crippen molar-refractivity contribution < 1.29 is 4.79 Å². The van der Waals surface area contributed by atoms with E-state index >= 15 is 0 Å². The Labute approximate surface area is 75.3 Å². The molecule has 0 heterocycles. The van der Waals surface area contributed by atoms with Crippen molar-refractivity contribution in [2.45, 2.75) is 26.2 Å². The highest BCUT2D eigenvalue weighted by molar-refractivity contribution is 9.09. The average molecular weight is 228 g/mol. The minimum absolute atomic E-state index is 0.224. The Kier molecular flexibility index (Phi) is 6.44. The molecule has 1 atom stereocenters. The standard InChI is InChI=1S/C7H12BrClO/c1-2-3-6(5-8)4-7(9)10/h6H,2-5H2,1H3/t6-/m0/s1. The third-order valence-electron chi connectivity index (χ3n) is 1.36. The molecule has 0 fully saturated rings. The Morgan fingerprint density at radius 2 is 2.30 bits per heavy atom. The molecule has 0 radical (unpaired) electrons. The van der Waals surface area contributed by atoms with Gasteiger partial charge in [0, 0.05) is 11.8 Å². The van der Waals surface area contributed by atoms with Crippen LogP contribution in [-0.2, 0) is 4.79 Å². The number of hydrogen-bond acceptors (Lipinski definition) is 1. The fourth-order valence-corrected chi connectivity index (χ4v) is 1.64. The molecule has 10 heavy (non-hydrogen) atoms. The van der Waals surface area contributed by atoms with Crippen LogP contribution in [0, 0.1) is 5.92 Å². The van der Waals surface area contributed by atoms with Gasteiger partial charge >= 0.3 is 0 Å². The van der Waals surface area contributed by atoms with Crippen molar-refractivity contribution >= 4 is 32.8 Å². The van der Waals surface area contributed by atoms with Gasteiger partial charge < -0.3 is 0 Å². The molecule has 0 rings (SSSR count). The number of halogens is 2. The van der Waals surface area contributed by atoms with Crippen LogP contribution in [0.15, 0.2) is 0 Å². The quantitative estimate of drug-likeness (QED) is 0.521. The largest absolute Gasteiger partial charge is 0.281 e. The van der Waals surface area contributed by atoms with E-state index < -0.39 is 0 Å². The van der Waals surface area contributed by atoms with Gasteiger partial charge in [-0.25, -0.2) is 0 Å². The van der Waals surface area contributed by atoms with Gasteiger partial charge in [-0.05, 0) is 23.9 Å². The van der Waals surface area contributed by atoms with Gasteiger partial charge in [0.15, 0.2) is 0 Å². The predicted molar refractivity (Wildman–Crippen MR) is 47.7 cm³/mol. The van der Waals surface area contributed by atoms with E-state index in [2.05, 4.69) is 22.9 Å². The molecule has 0 N–H and O–H groups in total. The Bertz CT molecular complexity index is 106. The molecule has 0 amide bonds. The van der Waals surface area contributed by atoms with Gasteiger partial charge in [-0.2, -0.15) is 0 Å². The van der Waals surface area contributed by atoms with E-state index in [1.165, 1.54) is 0 Å². The first-order valence-corrected chi connectivity index (χ1v) is 4.95. The molecule has 60 valence electrons. The molecule has 0 saturated carbocycles. The van der Waals surface area contributed by atoms with Gasteiger partial charge in [-0.15, -0.1) is 0 Å². The molecular weight excluding hydrogens is 215 g/mol. The summed E-state index contributed by atoms with van der Waals surface area (Å²) in [6.07, 6.45) is 2.69. The van der Waals surface area contributed by atoms with E-state index in [0.717, 1.165) is 18.2 Å². The molecule has 0 aliphatic rings. The van der Waals surface area contributed by atoms with Gasteiger partial charge in [0.25, 0.3) is 0 Å². The summed E-state index contributed by atoms with van der Waals surface area (Å²) in [5.41, 5.74) is 0. The lowest BCUT2D eigenvalue weighted by atomic mass is 10.0. The van der Waals surface area contributed by atoms with Crippen LogP contribution in [0.3, 0.4) is 0 Å². The molecule has 0 aliphatic carbocycles. The van der Waals surface area contributed by atoms with Crippen LogP contribution in [0.25, 0.3) is 0 Å². The summed E-state index contributed by atoms with van der Waals surface area (Å²) < 4.78 is 0. The normalized spacial score (nSPS) is 13.1. The van der Waals surface area contributed by atoms with Crippen molar-refractivity contribution in [3.05, 3.63) is 0 Å². The van der Waals surface area contributed by atoms with E-state index in [1.807, 2.05) is 0 Å². The fourth-order valence-electron chi connectivity index (χ4n) is 0.869. The van der Waals surface area contributed by atoms with Crippen molar-refractivity contribution in [2.24, 2.45) is 5.92 Å². The van der Waals surface area contributed by atoms with Crippen LogP contribution >= 0.6 is 27.5 Å². The summed E-state index contributed by atoms with van der Waals surface area (Å²) in [6.45, 7) is 2.11. The molecular formula is C7H12BrClO. The number of rotatable bonds is 5. The number of carbonyl (C=O) groups is 1. The van der Waals surface area contributed by atoms with Crippen molar-refractivity contribution in [3.8, 4) is 0 Å². The summed E-state index contributed by atoms with van der Waals surface area (Å²) in [5, 5.41) is 0.650. The summed E-state index contributed by atoms with van der Waals surface area (Å²) in [5.74, 6) is 0.426. The maximum atomic E-state index is 10.4. The maximum Gasteiger partial charge on any atom is 0.221 e. The van der Waals surface area contributed by atoms with Gasteiger partial charge in [-0.3, -0.25) is 4.79 Å². The molecule has 0 bridgehead atoms.